The molecule has 0 radical (unpaired) electrons. The van der Waals surface area contributed by atoms with Gasteiger partial charge in [-0.3, -0.25) is 4.79 Å². The number of unbranched alkanes of at least 4 members (excludes halogenated alkanes) is 2. The summed E-state index contributed by atoms with van der Waals surface area (Å²) in [6.45, 7) is 9.59. The van der Waals surface area contributed by atoms with Crippen molar-refractivity contribution in [3.63, 3.8) is 0 Å². The minimum Gasteiger partial charge on any atom is -0.464 e. The number of rotatable bonds is 22. The molecule has 0 aliphatic carbocycles. The van der Waals surface area contributed by atoms with Crippen LogP contribution in [0.1, 0.15) is 59.8 Å². The molecule has 0 aromatic heterocycles. The molecule has 10 heteroatoms. The summed E-state index contributed by atoms with van der Waals surface area (Å²) in [5.74, 6) is -0.597. The molecule has 0 rings (SSSR count). The van der Waals surface area contributed by atoms with Gasteiger partial charge in [-0.2, -0.15) is 0 Å². The van der Waals surface area contributed by atoms with Crippen molar-refractivity contribution in [2.75, 3.05) is 53.2 Å². The molecular weight excluding hydrogens is 432 g/mol. The van der Waals surface area contributed by atoms with Crippen molar-refractivity contribution in [1.29, 1.82) is 0 Å². The molecule has 0 aliphatic rings. The third-order valence-corrected chi connectivity index (χ3v) is 4.77. The number of nitrogens with two attached hydrogens (primary N) is 1. The molecule has 1 amide bonds. The fourth-order valence-electron chi connectivity index (χ4n) is 2.91. The lowest BCUT2D eigenvalue weighted by Crippen LogP contribution is -2.48. The molecule has 0 aromatic carbocycles. The lowest BCUT2D eigenvalue weighted by atomic mass is 10.1. The molecule has 0 heterocycles. The van der Waals surface area contributed by atoms with E-state index >= 15 is 0 Å². The number of ether oxygens (including phenoxy) is 6. The highest BCUT2D eigenvalue weighted by Crippen LogP contribution is 2.15. The first-order valence-corrected chi connectivity index (χ1v) is 12.0. The number of hydrogen-bond acceptors (Lipinski definition) is 9. The largest absolute Gasteiger partial charge is 0.464 e. The van der Waals surface area contributed by atoms with E-state index in [2.05, 4.69) is 12.2 Å². The normalized spacial score (nSPS) is 15.0. The highest BCUT2D eigenvalue weighted by atomic mass is 16.7. The smallest absolute Gasteiger partial charge is 0.332 e. The lowest BCUT2D eigenvalue weighted by molar-refractivity contribution is -0.219. The van der Waals surface area contributed by atoms with Crippen molar-refractivity contribution >= 4 is 11.9 Å². The van der Waals surface area contributed by atoms with Gasteiger partial charge in [-0.25, -0.2) is 4.79 Å². The predicted molar refractivity (Wildman–Crippen MR) is 125 cm³/mol. The van der Waals surface area contributed by atoms with Gasteiger partial charge in [0.1, 0.15) is 18.8 Å². The van der Waals surface area contributed by atoms with Crippen LogP contribution >= 0.6 is 0 Å². The molecule has 0 aromatic rings. The average Bonchev–Trinajstić information content (AvgIpc) is 2.79. The van der Waals surface area contributed by atoms with Crippen molar-refractivity contribution in [2.24, 2.45) is 5.73 Å². The molecule has 0 bridgehead atoms. The van der Waals surface area contributed by atoms with E-state index in [1.165, 1.54) is 0 Å². The third kappa shape index (κ3) is 16.0. The first-order valence-electron chi connectivity index (χ1n) is 12.0. The summed E-state index contributed by atoms with van der Waals surface area (Å²) in [6.07, 6.45) is 1.62. The fourth-order valence-corrected chi connectivity index (χ4v) is 2.91. The summed E-state index contributed by atoms with van der Waals surface area (Å²) < 4.78 is 34.1. The van der Waals surface area contributed by atoms with Gasteiger partial charge >= 0.3 is 5.97 Å². The molecule has 0 spiro atoms. The van der Waals surface area contributed by atoms with Gasteiger partial charge in [-0.1, -0.05) is 26.7 Å². The zero-order valence-corrected chi connectivity index (χ0v) is 21.1. The van der Waals surface area contributed by atoms with Gasteiger partial charge in [-0.15, -0.1) is 0 Å². The van der Waals surface area contributed by atoms with Crippen LogP contribution in [-0.4, -0.2) is 89.7 Å². The van der Waals surface area contributed by atoms with E-state index in [-0.39, 0.29) is 38.6 Å². The number of carbonyl (C=O) groups excluding carboxylic acids is 2. The summed E-state index contributed by atoms with van der Waals surface area (Å²) in [6, 6.07) is 0. The lowest BCUT2D eigenvalue weighted by Gasteiger charge is -2.33. The first kappa shape index (κ1) is 31.7. The Labute approximate surface area is 199 Å². The van der Waals surface area contributed by atoms with E-state index in [4.69, 9.17) is 34.2 Å². The number of carbonyl (C=O) groups is 2. The zero-order valence-electron chi connectivity index (χ0n) is 21.1. The van der Waals surface area contributed by atoms with Crippen LogP contribution in [0.5, 0.6) is 0 Å². The Balaban J connectivity index is 5.08. The van der Waals surface area contributed by atoms with Gasteiger partial charge < -0.3 is 39.5 Å². The van der Waals surface area contributed by atoms with Gasteiger partial charge in [-0.05, 0) is 26.7 Å². The summed E-state index contributed by atoms with van der Waals surface area (Å²) >= 11 is 0. The zero-order chi connectivity index (χ0) is 24.9. The molecule has 0 fully saturated rings. The second-order valence-corrected chi connectivity index (χ2v) is 7.62. The maximum absolute atomic E-state index is 11.9. The molecule has 2 unspecified atom stereocenters. The maximum Gasteiger partial charge on any atom is 0.332 e. The molecular formula is C23H46N2O8. The number of nitrogens with one attached hydrogen (secondary N) is 1. The molecule has 3 N–H and O–H groups in total. The molecule has 0 saturated heterocycles. The van der Waals surface area contributed by atoms with E-state index in [0.29, 0.717) is 19.8 Å². The van der Waals surface area contributed by atoms with Gasteiger partial charge in [0.15, 0.2) is 6.29 Å². The predicted octanol–water partition coefficient (Wildman–Crippen LogP) is 1.78. The molecule has 10 nitrogen and oxygen atoms in total. The average molecular weight is 479 g/mol. The molecule has 0 saturated carbocycles. The number of methoxy groups -OCH3 is 1. The Hall–Kier alpha value is -1.30. The Morgan fingerprint density at radius 3 is 2.33 bits per heavy atom. The van der Waals surface area contributed by atoms with Crippen molar-refractivity contribution < 1.29 is 38.0 Å². The SMILES string of the molecule is CCCCOCC(O[C@H](CNC(=O)CCN)OCC)[C@@H](OC)C(C)OCC(=O)OCCCC. The molecule has 196 valence electrons. The standard InChI is InChI=1S/C23H46N2O8/c1-6-9-13-29-16-19(33-22(30-8-3)15-25-20(26)11-12-24)23(28-5)18(4)32-17-21(27)31-14-10-7-2/h18-19,22-23H,6-17,24H2,1-5H3,(H,25,26)/t18?,19?,22-,23+/m1/s1. The quantitative estimate of drug-likeness (QED) is 0.136. The van der Waals surface area contributed by atoms with Gasteiger partial charge in [0.2, 0.25) is 5.91 Å². The Bertz CT molecular complexity index is 495. The van der Waals surface area contributed by atoms with Gasteiger partial charge in [0.05, 0.1) is 25.9 Å². The van der Waals surface area contributed by atoms with Gasteiger partial charge in [0.25, 0.3) is 0 Å². The Morgan fingerprint density at radius 1 is 1.03 bits per heavy atom. The fraction of sp³-hybridized carbons (Fsp3) is 0.913. The van der Waals surface area contributed by atoms with Crippen LogP contribution in [-0.2, 0) is 38.0 Å². The van der Waals surface area contributed by atoms with Crippen LogP contribution in [0.2, 0.25) is 0 Å². The van der Waals surface area contributed by atoms with Crippen LogP contribution in [0.15, 0.2) is 0 Å². The van der Waals surface area contributed by atoms with Crippen LogP contribution in [0.4, 0.5) is 0 Å². The monoisotopic (exact) mass is 478 g/mol. The Morgan fingerprint density at radius 2 is 1.73 bits per heavy atom. The Kier molecular flexibility index (Phi) is 20.4. The molecule has 4 atom stereocenters. The number of amides is 1. The third-order valence-electron chi connectivity index (χ3n) is 4.77. The summed E-state index contributed by atoms with van der Waals surface area (Å²) in [5.41, 5.74) is 5.43. The van der Waals surface area contributed by atoms with E-state index in [0.717, 1.165) is 25.7 Å². The van der Waals surface area contributed by atoms with E-state index in [1.807, 2.05) is 13.8 Å². The van der Waals surface area contributed by atoms with Crippen LogP contribution in [0.25, 0.3) is 0 Å². The topological polar surface area (TPSA) is 128 Å². The summed E-state index contributed by atoms with van der Waals surface area (Å²) in [5, 5.41) is 2.76. The second kappa shape index (κ2) is 21.2. The first-order chi connectivity index (χ1) is 15.9. The maximum atomic E-state index is 11.9. The second-order valence-electron chi connectivity index (χ2n) is 7.62. The van der Waals surface area contributed by atoms with E-state index in [1.54, 1.807) is 14.0 Å². The number of esters is 1. The van der Waals surface area contributed by atoms with Crippen molar-refractivity contribution in [2.45, 2.75) is 84.4 Å². The van der Waals surface area contributed by atoms with Crippen molar-refractivity contribution in [3.05, 3.63) is 0 Å². The number of hydrogen-bond donors (Lipinski definition) is 2. The van der Waals surface area contributed by atoms with Crippen molar-refractivity contribution in [3.8, 4) is 0 Å². The van der Waals surface area contributed by atoms with Crippen LogP contribution in [0.3, 0.4) is 0 Å². The minimum absolute atomic E-state index is 0.160. The molecule has 0 aliphatic heterocycles. The van der Waals surface area contributed by atoms with Crippen LogP contribution in [0, 0.1) is 0 Å². The molecule has 33 heavy (non-hydrogen) atoms. The highest BCUT2D eigenvalue weighted by Gasteiger charge is 2.32. The van der Waals surface area contributed by atoms with Crippen molar-refractivity contribution in [1.82, 2.24) is 5.32 Å². The van der Waals surface area contributed by atoms with E-state index in [9.17, 15) is 9.59 Å². The van der Waals surface area contributed by atoms with Crippen LogP contribution < -0.4 is 11.1 Å². The minimum atomic E-state index is -0.708. The highest BCUT2D eigenvalue weighted by molar-refractivity contribution is 5.76. The summed E-state index contributed by atoms with van der Waals surface area (Å²) in [4.78, 5) is 23.7. The van der Waals surface area contributed by atoms with E-state index < -0.39 is 30.6 Å². The summed E-state index contributed by atoms with van der Waals surface area (Å²) in [7, 11) is 1.55. The van der Waals surface area contributed by atoms with Gasteiger partial charge in [0, 0.05) is 33.3 Å².